The summed E-state index contributed by atoms with van der Waals surface area (Å²) in [5.41, 5.74) is 6.25. The van der Waals surface area contributed by atoms with E-state index in [9.17, 15) is 0 Å². The van der Waals surface area contributed by atoms with Gasteiger partial charge in [0.05, 0.1) is 12.6 Å². The summed E-state index contributed by atoms with van der Waals surface area (Å²) >= 11 is 0. The van der Waals surface area contributed by atoms with Gasteiger partial charge in [0.15, 0.2) is 11.9 Å². The maximum atomic E-state index is 8.75. The maximum absolute atomic E-state index is 8.75. The van der Waals surface area contributed by atoms with Crippen LogP contribution in [0.25, 0.3) is 0 Å². The SMILES string of the molecule is CCC[C@@H]1CN(CCCC[C@H]2CN=C(N)N2CC2CCCCC2)C(=N)N1CC(C)CC. The van der Waals surface area contributed by atoms with E-state index in [0.29, 0.717) is 18.0 Å². The Bertz CT molecular complexity index is 585. The van der Waals surface area contributed by atoms with Gasteiger partial charge in [0.25, 0.3) is 0 Å². The lowest BCUT2D eigenvalue weighted by Gasteiger charge is -2.32. The molecule has 1 saturated heterocycles. The first-order valence-corrected chi connectivity index (χ1v) is 13.2. The van der Waals surface area contributed by atoms with Crippen molar-refractivity contribution in [2.24, 2.45) is 22.6 Å². The molecule has 0 amide bonds. The smallest absolute Gasteiger partial charge is 0.194 e. The van der Waals surface area contributed by atoms with E-state index in [2.05, 4.69) is 40.5 Å². The second-order valence-corrected chi connectivity index (χ2v) is 10.4. The molecule has 1 saturated carbocycles. The van der Waals surface area contributed by atoms with Gasteiger partial charge in [0.2, 0.25) is 0 Å². The summed E-state index contributed by atoms with van der Waals surface area (Å²) in [5.74, 6) is 3.01. The Morgan fingerprint density at radius 2 is 1.84 bits per heavy atom. The lowest BCUT2D eigenvalue weighted by molar-refractivity contribution is 0.233. The second kappa shape index (κ2) is 12.0. The number of nitrogens with two attached hydrogens (primary N) is 1. The molecule has 6 nitrogen and oxygen atoms in total. The highest BCUT2D eigenvalue weighted by Gasteiger charge is 2.34. The number of nitrogens with one attached hydrogen (secondary N) is 1. The molecule has 1 aliphatic carbocycles. The number of unbranched alkanes of at least 4 members (excludes halogenated alkanes) is 1. The van der Waals surface area contributed by atoms with Crippen LogP contribution in [-0.2, 0) is 0 Å². The van der Waals surface area contributed by atoms with Crippen molar-refractivity contribution in [3.05, 3.63) is 0 Å². The zero-order valence-electron chi connectivity index (χ0n) is 20.5. The first kappa shape index (κ1) is 24.2. The number of hydrogen-bond donors (Lipinski definition) is 2. The van der Waals surface area contributed by atoms with Crippen molar-refractivity contribution >= 4 is 11.9 Å². The minimum Gasteiger partial charge on any atom is -0.370 e. The summed E-state index contributed by atoms with van der Waals surface area (Å²) in [4.78, 5) is 11.7. The molecule has 0 radical (unpaired) electrons. The average Bonchev–Trinajstić information content (AvgIpc) is 3.26. The predicted molar refractivity (Wildman–Crippen MR) is 132 cm³/mol. The van der Waals surface area contributed by atoms with Gasteiger partial charge in [-0.2, -0.15) is 0 Å². The van der Waals surface area contributed by atoms with E-state index in [1.54, 1.807) is 0 Å². The fourth-order valence-corrected chi connectivity index (χ4v) is 5.67. The molecule has 6 heteroatoms. The van der Waals surface area contributed by atoms with E-state index in [1.165, 1.54) is 64.2 Å². The molecule has 2 heterocycles. The van der Waals surface area contributed by atoms with E-state index in [0.717, 1.165) is 57.0 Å². The highest BCUT2D eigenvalue weighted by molar-refractivity contribution is 5.80. The van der Waals surface area contributed by atoms with Crippen molar-refractivity contribution in [3.63, 3.8) is 0 Å². The van der Waals surface area contributed by atoms with Crippen LogP contribution in [0.5, 0.6) is 0 Å². The van der Waals surface area contributed by atoms with Crippen LogP contribution in [0.2, 0.25) is 0 Å². The molecular formula is C25H48N6. The largest absolute Gasteiger partial charge is 0.370 e. The highest BCUT2D eigenvalue weighted by atomic mass is 15.4. The summed E-state index contributed by atoms with van der Waals surface area (Å²) in [5, 5.41) is 8.75. The predicted octanol–water partition coefficient (Wildman–Crippen LogP) is 4.50. The number of hydrogen-bond acceptors (Lipinski definition) is 4. The van der Waals surface area contributed by atoms with E-state index in [-0.39, 0.29) is 0 Å². The quantitative estimate of drug-likeness (QED) is 0.445. The molecule has 2 fully saturated rings. The van der Waals surface area contributed by atoms with E-state index in [1.807, 2.05) is 0 Å². The summed E-state index contributed by atoms with van der Waals surface area (Å²) in [6, 6.07) is 1.02. The average molecular weight is 433 g/mol. The Morgan fingerprint density at radius 1 is 1.06 bits per heavy atom. The van der Waals surface area contributed by atoms with Gasteiger partial charge < -0.3 is 20.4 Å². The lowest BCUT2D eigenvalue weighted by atomic mass is 9.88. The normalized spacial score (nSPS) is 26.1. The third kappa shape index (κ3) is 6.52. The molecule has 2 aliphatic heterocycles. The maximum Gasteiger partial charge on any atom is 0.194 e. The standard InChI is InChI=1S/C25H48N6/c1-4-11-23-19-29(25(27)31(23)17-20(3)5-2)15-10-9-14-22-16-28-24(26)30(22)18-21-12-7-6-8-13-21/h20-23,27H,4-19H2,1-3H3,(H2,26,28)/t20?,22-,23+/m0/s1. The van der Waals surface area contributed by atoms with Crippen LogP contribution < -0.4 is 5.73 Å². The van der Waals surface area contributed by atoms with E-state index in [4.69, 9.17) is 11.1 Å². The molecule has 0 aromatic carbocycles. The highest BCUT2D eigenvalue weighted by Crippen LogP contribution is 2.27. The Balaban J connectivity index is 1.42. The third-order valence-electron chi connectivity index (χ3n) is 7.86. The van der Waals surface area contributed by atoms with Crippen molar-refractivity contribution in [1.82, 2.24) is 14.7 Å². The van der Waals surface area contributed by atoms with Gasteiger partial charge in [-0.25, -0.2) is 0 Å². The van der Waals surface area contributed by atoms with Gasteiger partial charge in [0.1, 0.15) is 0 Å². The molecule has 3 N–H and O–H groups in total. The molecule has 3 rings (SSSR count). The van der Waals surface area contributed by atoms with Crippen LogP contribution in [0.1, 0.15) is 91.4 Å². The lowest BCUT2D eigenvalue weighted by Crippen LogP contribution is -2.43. The molecule has 3 aliphatic rings. The summed E-state index contributed by atoms with van der Waals surface area (Å²) in [6.07, 6.45) is 14.0. The number of rotatable bonds is 12. The zero-order chi connectivity index (χ0) is 22.2. The van der Waals surface area contributed by atoms with Crippen LogP contribution in [0, 0.1) is 17.2 Å². The molecule has 0 aromatic heterocycles. The van der Waals surface area contributed by atoms with Crippen LogP contribution >= 0.6 is 0 Å². The third-order valence-corrected chi connectivity index (χ3v) is 7.86. The summed E-state index contributed by atoms with van der Waals surface area (Å²) in [6.45, 7) is 11.9. The Morgan fingerprint density at radius 3 is 2.55 bits per heavy atom. The van der Waals surface area contributed by atoms with Crippen molar-refractivity contribution < 1.29 is 0 Å². The topological polar surface area (TPSA) is 72.0 Å². The number of guanidine groups is 2. The summed E-state index contributed by atoms with van der Waals surface area (Å²) < 4.78 is 0. The van der Waals surface area contributed by atoms with Crippen molar-refractivity contribution in [1.29, 1.82) is 5.41 Å². The molecule has 1 unspecified atom stereocenters. The van der Waals surface area contributed by atoms with Gasteiger partial charge in [-0.3, -0.25) is 10.4 Å². The summed E-state index contributed by atoms with van der Waals surface area (Å²) in [7, 11) is 0. The molecule has 0 aromatic rings. The molecule has 31 heavy (non-hydrogen) atoms. The van der Waals surface area contributed by atoms with Crippen molar-refractivity contribution in [2.75, 3.05) is 32.7 Å². The Hall–Kier alpha value is -1.46. The first-order valence-electron chi connectivity index (χ1n) is 13.2. The molecular weight excluding hydrogens is 384 g/mol. The van der Waals surface area contributed by atoms with Crippen LogP contribution in [0.4, 0.5) is 0 Å². The van der Waals surface area contributed by atoms with Crippen LogP contribution in [0.3, 0.4) is 0 Å². The second-order valence-electron chi connectivity index (χ2n) is 10.4. The van der Waals surface area contributed by atoms with Gasteiger partial charge in [-0.05, 0) is 50.4 Å². The molecule has 178 valence electrons. The Labute approximate surface area is 191 Å². The van der Waals surface area contributed by atoms with Gasteiger partial charge in [0, 0.05) is 32.2 Å². The van der Waals surface area contributed by atoms with Gasteiger partial charge in [-0.15, -0.1) is 0 Å². The number of aliphatic imine (C=N–C) groups is 1. The van der Waals surface area contributed by atoms with Gasteiger partial charge >= 0.3 is 0 Å². The van der Waals surface area contributed by atoms with E-state index >= 15 is 0 Å². The number of nitrogens with zero attached hydrogens (tertiary/aromatic N) is 4. The van der Waals surface area contributed by atoms with Gasteiger partial charge in [-0.1, -0.05) is 52.9 Å². The Kier molecular flexibility index (Phi) is 9.33. The fraction of sp³-hybridized carbons (Fsp3) is 0.920. The van der Waals surface area contributed by atoms with Crippen LogP contribution in [0.15, 0.2) is 4.99 Å². The first-order chi connectivity index (χ1) is 15.0. The monoisotopic (exact) mass is 432 g/mol. The van der Waals surface area contributed by atoms with Crippen molar-refractivity contribution in [2.45, 2.75) is 103 Å². The molecule has 3 atom stereocenters. The van der Waals surface area contributed by atoms with Crippen LogP contribution in [-0.4, -0.2) is 71.4 Å². The fourth-order valence-electron chi connectivity index (χ4n) is 5.67. The minimum atomic E-state index is 0.495. The van der Waals surface area contributed by atoms with E-state index < -0.39 is 0 Å². The molecule has 0 spiro atoms. The minimum absolute atomic E-state index is 0.495. The zero-order valence-corrected chi connectivity index (χ0v) is 20.5. The van der Waals surface area contributed by atoms with Crippen molar-refractivity contribution in [3.8, 4) is 0 Å². The molecule has 0 bridgehead atoms.